The van der Waals surface area contributed by atoms with Crippen LogP contribution in [0.5, 0.6) is 0 Å². The molecule has 0 bridgehead atoms. The lowest BCUT2D eigenvalue weighted by molar-refractivity contribution is -0.384. The Bertz CT molecular complexity index is 515. The van der Waals surface area contributed by atoms with E-state index >= 15 is 0 Å². The van der Waals surface area contributed by atoms with Gasteiger partial charge in [-0.25, -0.2) is 0 Å². The molecular weight excluding hydrogens is 248 g/mol. The second kappa shape index (κ2) is 5.26. The number of aryl methyl sites for hydroxylation is 1. The van der Waals surface area contributed by atoms with Crippen LogP contribution in [0.15, 0.2) is 18.2 Å². The zero-order chi connectivity index (χ0) is 14.0. The van der Waals surface area contributed by atoms with Gasteiger partial charge in [-0.3, -0.25) is 14.9 Å². The van der Waals surface area contributed by atoms with Gasteiger partial charge in [-0.05, 0) is 25.3 Å². The second-order valence-electron chi connectivity index (χ2n) is 4.88. The van der Waals surface area contributed by atoms with Crippen molar-refractivity contribution in [3.63, 3.8) is 0 Å². The molecule has 2 rings (SSSR count). The fourth-order valence-electron chi connectivity index (χ4n) is 2.51. The zero-order valence-electron chi connectivity index (χ0n) is 10.6. The van der Waals surface area contributed by atoms with Crippen LogP contribution in [0.3, 0.4) is 0 Å². The lowest BCUT2D eigenvalue weighted by atomic mass is 10.0. The third-order valence-corrected chi connectivity index (χ3v) is 3.61. The number of non-ortho nitro benzene ring substituents is 1. The number of aliphatic carboxylic acids is 1. The first-order chi connectivity index (χ1) is 8.99. The Morgan fingerprint density at radius 2 is 2.21 bits per heavy atom. The zero-order valence-corrected chi connectivity index (χ0v) is 10.6. The Morgan fingerprint density at radius 3 is 2.84 bits per heavy atom. The fraction of sp³-hybridized carbons (Fsp3) is 0.462. The first-order valence-electron chi connectivity index (χ1n) is 6.23. The summed E-state index contributed by atoms with van der Waals surface area (Å²) < 4.78 is 0. The van der Waals surface area contributed by atoms with Crippen molar-refractivity contribution in [2.75, 3.05) is 5.32 Å². The maximum absolute atomic E-state index is 11.1. The van der Waals surface area contributed by atoms with E-state index in [4.69, 9.17) is 5.11 Å². The van der Waals surface area contributed by atoms with Crippen molar-refractivity contribution in [3.05, 3.63) is 33.9 Å². The summed E-state index contributed by atoms with van der Waals surface area (Å²) in [6, 6.07) is 4.43. The van der Waals surface area contributed by atoms with E-state index < -0.39 is 16.8 Å². The number of carboxylic acid groups (broad SMARTS) is 1. The molecule has 2 unspecified atom stereocenters. The lowest BCUT2D eigenvalue weighted by Crippen LogP contribution is -2.30. The van der Waals surface area contributed by atoms with Crippen molar-refractivity contribution in [1.82, 2.24) is 0 Å². The summed E-state index contributed by atoms with van der Waals surface area (Å²) in [7, 11) is 0. The number of nitrogens with zero attached hydrogens (tertiary/aromatic N) is 1. The van der Waals surface area contributed by atoms with Crippen molar-refractivity contribution in [2.45, 2.75) is 32.2 Å². The second-order valence-corrected chi connectivity index (χ2v) is 4.88. The molecule has 1 fully saturated rings. The number of nitro groups is 1. The molecule has 1 aliphatic rings. The molecule has 0 amide bonds. The normalized spacial score (nSPS) is 22.2. The largest absolute Gasteiger partial charge is 0.481 e. The minimum atomic E-state index is -0.807. The van der Waals surface area contributed by atoms with Gasteiger partial charge >= 0.3 is 5.97 Å². The highest BCUT2D eigenvalue weighted by Crippen LogP contribution is 2.31. The molecule has 6 nitrogen and oxygen atoms in total. The van der Waals surface area contributed by atoms with E-state index in [0.29, 0.717) is 12.1 Å². The van der Waals surface area contributed by atoms with Gasteiger partial charge in [0.15, 0.2) is 0 Å². The molecule has 1 aliphatic carbocycles. The van der Waals surface area contributed by atoms with Crippen LogP contribution in [0.4, 0.5) is 11.4 Å². The molecular formula is C13H16N2O4. The Kier molecular flexibility index (Phi) is 3.69. The van der Waals surface area contributed by atoms with Gasteiger partial charge in [-0.2, -0.15) is 0 Å². The molecule has 0 saturated heterocycles. The number of benzene rings is 1. The monoisotopic (exact) mass is 264 g/mol. The fourth-order valence-corrected chi connectivity index (χ4v) is 2.51. The number of nitro benzene ring substituents is 1. The molecule has 19 heavy (non-hydrogen) atoms. The van der Waals surface area contributed by atoms with Crippen molar-refractivity contribution in [1.29, 1.82) is 0 Å². The Balaban J connectivity index is 2.20. The summed E-state index contributed by atoms with van der Waals surface area (Å²) in [6.07, 6.45) is 2.29. The SMILES string of the molecule is Cc1ccc([N+](=O)[O-])cc1NC1CCCC1C(=O)O. The van der Waals surface area contributed by atoms with Crippen molar-refractivity contribution < 1.29 is 14.8 Å². The van der Waals surface area contributed by atoms with E-state index in [2.05, 4.69) is 5.32 Å². The van der Waals surface area contributed by atoms with Crippen LogP contribution >= 0.6 is 0 Å². The van der Waals surface area contributed by atoms with Crippen LogP contribution in [0.25, 0.3) is 0 Å². The number of rotatable bonds is 4. The maximum Gasteiger partial charge on any atom is 0.308 e. The Hall–Kier alpha value is -2.11. The summed E-state index contributed by atoms with van der Waals surface area (Å²) in [5.74, 6) is -1.23. The van der Waals surface area contributed by atoms with E-state index in [1.807, 2.05) is 6.92 Å². The Labute approximate surface area is 110 Å². The van der Waals surface area contributed by atoms with Crippen molar-refractivity contribution in [2.24, 2.45) is 5.92 Å². The Morgan fingerprint density at radius 1 is 1.47 bits per heavy atom. The van der Waals surface area contributed by atoms with Gasteiger partial charge in [0, 0.05) is 23.9 Å². The van der Waals surface area contributed by atoms with Gasteiger partial charge in [0.05, 0.1) is 10.8 Å². The first-order valence-corrected chi connectivity index (χ1v) is 6.23. The van der Waals surface area contributed by atoms with Crippen LogP contribution in [0.1, 0.15) is 24.8 Å². The van der Waals surface area contributed by atoms with Crippen LogP contribution in [-0.4, -0.2) is 22.0 Å². The van der Waals surface area contributed by atoms with E-state index in [1.165, 1.54) is 12.1 Å². The maximum atomic E-state index is 11.1. The van der Waals surface area contributed by atoms with Crippen molar-refractivity contribution in [3.8, 4) is 0 Å². The average molecular weight is 264 g/mol. The van der Waals surface area contributed by atoms with Gasteiger partial charge in [-0.1, -0.05) is 12.5 Å². The predicted octanol–water partition coefficient (Wildman–Crippen LogP) is 2.57. The highest BCUT2D eigenvalue weighted by atomic mass is 16.6. The summed E-state index contributed by atoms with van der Waals surface area (Å²) >= 11 is 0. The van der Waals surface area contributed by atoms with Gasteiger partial charge < -0.3 is 10.4 Å². The molecule has 0 heterocycles. The minimum absolute atomic E-state index is 0.0120. The quantitative estimate of drug-likeness (QED) is 0.644. The van der Waals surface area contributed by atoms with Crippen LogP contribution in [-0.2, 0) is 4.79 Å². The molecule has 1 saturated carbocycles. The summed E-state index contributed by atoms with van der Waals surface area (Å²) in [4.78, 5) is 21.4. The van der Waals surface area contributed by atoms with Gasteiger partial charge in [-0.15, -0.1) is 0 Å². The lowest BCUT2D eigenvalue weighted by Gasteiger charge is -2.20. The van der Waals surface area contributed by atoms with Gasteiger partial charge in [0.2, 0.25) is 0 Å². The number of carboxylic acids is 1. The molecule has 6 heteroatoms. The summed E-state index contributed by atoms with van der Waals surface area (Å²) in [5.41, 5.74) is 1.53. The third-order valence-electron chi connectivity index (χ3n) is 3.61. The van der Waals surface area contributed by atoms with Gasteiger partial charge in [0.25, 0.3) is 5.69 Å². The predicted molar refractivity (Wildman–Crippen MR) is 70.2 cm³/mol. The highest BCUT2D eigenvalue weighted by Gasteiger charge is 2.33. The average Bonchev–Trinajstić information content (AvgIpc) is 2.80. The number of nitrogens with one attached hydrogen (secondary N) is 1. The molecule has 102 valence electrons. The number of hydrogen-bond acceptors (Lipinski definition) is 4. The third kappa shape index (κ3) is 2.83. The van der Waals surface area contributed by atoms with E-state index in [9.17, 15) is 14.9 Å². The molecule has 2 atom stereocenters. The van der Waals surface area contributed by atoms with E-state index in [0.717, 1.165) is 18.4 Å². The topological polar surface area (TPSA) is 92.5 Å². The minimum Gasteiger partial charge on any atom is -0.481 e. The van der Waals surface area contributed by atoms with Crippen LogP contribution in [0, 0.1) is 23.0 Å². The number of anilines is 1. The van der Waals surface area contributed by atoms with E-state index in [-0.39, 0.29) is 11.7 Å². The number of hydrogen-bond donors (Lipinski definition) is 2. The molecule has 0 radical (unpaired) electrons. The molecule has 2 N–H and O–H groups in total. The summed E-state index contributed by atoms with van der Waals surface area (Å²) in [6.45, 7) is 1.84. The highest BCUT2D eigenvalue weighted by molar-refractivity contribution is 5.72. The molecule has 1 aromatic carbocycles. The summed E-state index contributed by atoms with van der Waals surface area (Å²) in [5, 5.41) is 23.0. The van der Waals surface area contributed by atoms with Gasteiger partial charge in [0.1, 0.15) is 0 Å². The first kappa shape index (κ1) is 13.3. The van der Waals surface area contributed by atoms with Crippen LogP contribution < -0.4 is 5.32 Å². The number of carbonyl (C=O) groups is 1. The van der Waals surface area contributed by atoms with E-state index in [1.54, 1.807) is 6.07 Å². The molecule has 0 aliphatic heterocycles. The van der Waals surface area contributed by atoms with Crippen molar-refractivity contribution >= 4 is 17.3 Å². The smallest absolute Gasteiger partial charge is 0.308 e. The molecule has 0 spiro atoms. The standard InChI is InChI=1S/C13H16N2O4/c1-8-5-6-9(15(18)19)7-12(8)14-11-4-2-3-10(11)13(16)17/h5-7,10-11,14H,2-4H2,1H3,(H,16,17). The molecule has 0 aromatic heterocycles. The van der Waals surface area contributed by atoms with Crippen LogP contribution in [0.2, 0.25) is 0 Å². The molecule has 1 aromatic rings.